The number of amides is 1. The first-order chi connectivity index (χ1) is 13.6. The van der Waals surface area contributed by atoms with Gasteiger partial charge in [-0.3, -0.25) is 9.69 Å². The van der Waals surface area contributed by atoms with Crippen molar-refractivity contribution >= 4 is 11.6 Å². The van der Waals surface area contributed by atoms with Gasteiger partial charge < -0.3 is 19.5 Å². The highest BCUT2D eigenvalue weighted by Gasteiger charge is 2.14. The number of fused-ring (bicyclic) bond motifs is 1. The highest BCUT2D eigenvalue weighted by Crippen LogP contribution is 2.32. The number of hydrogen-bond donors (Lipinski definition) is 1. The number of methoxy groups -OCH3 is 1. The Morgan fingerprint density at radius 2 is 1.96 bits per heavy atom. The second-order valence-corrected chi connectivity index (χ2v) is 6.53. The van der Waals surface area contributed by atoms with Crippen LogP contribution in [0.15, 0.2) is 36.4 Å². The third-order valence-corrected chi connectivity index (χ3v) is 4.47. The van der Waals surface area contributed by atoms with Gasteiger partial charge in [0.2, 0.25) is 5.91 Å². The van der Waals surface area contributed by atoms with Crippen molar-refractivity contribution in [2.45, 2.75) is 19.9 Å². The van der Waals surface area contributed by atoms with E-state index < -0.39 is 5.82 Å². The number of ether oxygens (including phenoxy) is 3. The summed E-state index contributed by atoms with van der Waals surface area (Å²) in [5.41, 5.74) is 1.43. The van der Waals surface area contributed by atoms with Crippen LogP contribution in [0.25, 0.3) is 0 Å². The molecule has 0 aliphatic carbocycles. The minimum absolute atomic E-state index is 0.148. The van der Waals surface area contributed by atoms with Crippen molar-refractivity contribution in [3.63, 3.8) is 0 Å². The second-order valence-electron chi connectivity index (χ2n) is 6.53. The first-order valence-electron chi connectivity index (χ1n) is 9.33. The Morgan fingerprint density at radius 3 is 2.68 bits per heavy atom. The Morgan fingerprint density at radius 1 is 1.18 bits per heavy atom. The van der Waals surface area contributed by atoms with Gasteiger partial charge in [-0.2, -0.15) is 0 Å². The number of anilines is 1. The first-order valence-corrected chi connectivity index (χ1v) is 9.33. The van der Waals surface area contributed by atoms with E-state index in [-0.39, 0.29) is 18.2 Å². The summed E-state index contributed by atoms with van der Waals surface area (Å²) in [6, 6.07) is 10.2. The van der Waals surface area contributed by atoms with Crippen LogP contribution in [0, 0.1) is 5.82 Å². The van der Waals surface area contributed by atoms with Crippen LogP contribution in [0.2, 0.25) is 0 Å². The van der Waals surface area contributed by atoms with Gasteiger partial charge in [0.15, 0.2) is 23.1 Å². The molecule has 0 unspecified atom stereocenters. The fraction of sp³-hybridized carbons (Fsp3) is 0.381. The molecule has 0 saturated heterocycles. The lowest BCUT2D eigenvalue weighted by atomic mass is 10.2. The van der Waals surface area contributed by atoms with Crippen molar-refractivity contribution in [3.05, 3.63) is 47.8 Å². The average Bonchev–Trinajstić information content (AvgIpc) is 2.92. The van der Waals surface area contributed by atoms with Crippen LogP contribution in [-0.4, -0.2) is 44.2 Å². The van der Waals surface area contributed by atoms with Crippen molar-refractivity contribution in [2.75, 3.05) is 38.7 Å². The van der Waals surface area contributed by atoms with Gasteiger partial charge in [0.25, 0.3) is 0 Å². The van der Waals surface area contributed by atoms with E-state index in [4.69, 9.17) is 14.2 Å². The van der Waals surface area contributed by atoms with E-state index in [9.17, 15) is 9.18 Å². The number of nitrogens with one attached hydrogen (secondary N) is 1. The quantitative estimate of drug-likeness (QED) is 0.787. The van der Waals surface area contributed by atoms with Gasteiger partial charge in [0.05, 0.1) is 26.9 Å². The Balaban J connectivity index is 1.59. The molecule has 3 rings (SSSR count). The summed E-state index contributed by atoms with van der Waals surface area (Å²) in [6.07, 6.45) is 0.827. The van der Waals surface area contributed by atoms with Crippen LogP contribution in [0.4, 0.5) is 10.1 Å². The van der Waals surface area contributed by atoms with Gasteiger partial charge in [-0.15, -0.1) is 0 Å². The predicted molar refractivity (Wildman–Crippen MR) is 105 cm³/mol. The van der Waals surface area contributed by atoms with E-state index in [1.165, 1.54) is 13.2 Å². The maximum absolute atomic E-state index is 13.9. The molecule has 1 amide bonds. The molecule has 0 radical (unpaired) electrons. The summed E-state index contributed by atoms with van der Waals surface area (Å²) in [7, 11) is 1.43. The van der Waals surface area contributed by atoms with Crippen LogP contribution in [0.5, 0.6) is 17.2 Å². The number of hydrogen-bond acceptors (Lipinski definition) is 5. The molecule has 1 aliphatic rings. The highest BCUT2D eigenvalue weighted by atomic mass is 19.1. The summed E-state index contributed by atoms with van der Waals surface area (Å²) in [5, 5.41) is 2.88. The minimum Gasteiger partial charge on any atom is -0.494 e. The lowest BCUT2D eigenvalue weighted by Gasteiger charge is -2.20. The van der Waals surface area contributed by atoms with Gasteiger partial charge in [0.1, 0.15) is 0 Å². The van der Waals surface area contributed by atoms with Crippen LogP contribution >= 0.6 is 0 Å². The standard InChI is InChI=1S/C21H25FN2O4/c1-3-24(13-15-5-7-18(26-2)17(22)11-15)14-21(25)23-16-6-8-19-20(12-16)28-10-4-9-27-19/h5-8,11-12H,3-4,9-10,13-14H2,1-2H3,(H,23,25). The molecule has 1 N–H and O–H groups in total. The third kappa shape index (κ3) is 5.13. The summed E-state index contributed by atoms with van der Waals surface area (Å²) in [4.78, 5) is 14.4. The number of halogens is 1. The maximum Gasteiger partial charge on any atom is 0.238 e. The zero-order chi connectivity index (χ0) is 19.9. The molecule has 0 bridgehead atoms. The minimum atomic E-state index is -0.410. The molecule has 7 heteroatoms. The fourth-order valence-electron chi connectivity index (χ4n) is 2.99. The molecule has 0 saturated carbocycles. The van der Waals surface area contributed by atoms with E-state index in [2.05, 4.69) is 5.32 Å². The van der Waals surface area contributed by atoms with Crippen molar-refractivity contribution < 1.29 is 23.4 Å². The number of carbonyl (C=O) groups excluding carboxylic acids is 1. The lowest BCUT2D eigenvalue weighted by molar-refractivity contribution is -0.117. The molecule has 0 atom stereocenters. The van der Waals surface area contributed by atoms with Gasteiger partial charge in [0, 0.05) is 24.7 Å². The number of benzene rings is 2. The number of carbonyl (C=O) groups is 1. The van der Waals surface area contributed by atoms with Gasteiger partial charge >= 0.3 is 0 Å². The molecule has 1 heterocycles. The van der Waals surface area contributed by atoms with Crippen molar-refractivity contribution in [1.29, 1.82) is 0 Å². The van der Waals surface area contributed by atoms with Gasteiger partial charge in [-0.1, -0.05) is 13.0 Å². The Kier molecular flexibility index (Phi) is 6.71. The van der Waals surface area contributed by atoms with E-state index in [1.54, 1.807) is 30.3 Å². The number of nitrogens with zero attached hydrogens (tertiary/aromatic N) is 1. The third-order valence-electron chi connectivity index (χ3n) is 4.47. The Bertz CT molecular complexity index is 828. The molecular formula is C21H25FN2O4. The molecule has 2 aromatic carbocycles. The van der Waals surface area contributed by atoms with Crippen LogP contribution in [0.1, 0.15) is 18.9 Å². The zero-order valence-corrected chi connectivity index (χ0v) is 16.2. The van der Waals surface area contributed by atoms with E-state index in [0.717, 1.165) is 12.0 Å². The largest absolute Gasteiger partial charge is 0.494 e. The maximum atomic E-state index is 13.9. The monoisotopic (exact) mass is 388 g/mol. The van der Waals surface area contributed by atoms with Crippen LogP contribution < -0.4 is 19.5 Å². The second kappa shape index (κ2) is 9.41. The van der Waals surface area contributed by atoms with E-state index >= 15 is 0 Å². The summed E-state index contributed by atoms with van der Waals surface area (Å²) < 4.78 is 30.1. The van der Waals surface area contributed by atoms with E-state index in [0.29, 0.717) is 43.5 Å². The fourth-order valence-corrected chi connectivity index (χ4v) is 2.99. The highest BCUT2D eigenvalue weighted by molar-refractivity contribution is 5.92. The molecule has 6 nitrogen and oxygen atoms in total. The molecule has 1 aliphatic heterocycles. The molecular weight excluding hydrogens is 363 g/mol. The van der Waals surface area contributed by atoms with Gasteiger partial charge in [-0.05, 0) is 36.4 Å². The normalized spacial score (nSPS) is 13.1. The zero-order valence-electron chi connectivity index (χ0n) is 16.2. The number of likely N-dealkylation sites (N-methyl/N-ethyl adjacent to an activating group) is 1. The summed E-state index contributed by atoms with van der Waals surface area (Å²) in [5.74, 6) is 0.973. The Labute approximate surface area is 164 Å². The molecule has 28 heavy (non-hydrogen) atoms. The molecule has 0 spiro atoms. The smallest absolute Gasteiger partial charge is 0.238 e. The average molecular weight is 388 g/mol. The summed E-state index contributed by atoms with van der Waals surface area (Å²) >= 11 is 0. The first kappa shape index (κ1) is 19.9. The number of rotatable bonds is 7. The SMILES string of the molecule is CCN(CC(=O)Nc1ccc2c(c1)OCCCO2)Cc1ccc(OC)c(F)c1. The van der Waals surface area contributed by atoms with Crippen molar-refractivity contribution in [2.24, 2.45) is 0 Å². The Hall–Kier alpha value is -2.80. The van der Waals surface area contributed by atoms with Crippen LogP contribution in [0.3, 0.4) is 0 Å². The molecule has 2 aromatic rings. The molecule has 150 valence electrons. The molecule has 0 aromatic heterocycles. The predicted octanol–water partition coefficient (Wildman–Crippen LogP) is 3.46. The lowest BCUT2D eigenvalue weighted by Crippen LogP contribution is -2.32. The van der Waals surface area contributed by atoms with Crippen LogP contribution in [-0.2, 0) is 11.3 Å². The van der Waals surface area contributed by atoms with Gasteiger partial charge in [-0.25, -0.2) is 4.39 Å². The topological polar surface area (TPSA) is 60.0 Å². The summed E-state index contributed by atoms with van der Waals surface area (Å²) in [6.45, 7) is 4.48. The molecule has 0 fully saturated rings. The van der Waals surface area contributed by atoms with Crippen molar-refractivity contribution in [1.82, 2.24) is 4.90 Å². The van der Waals surface area contributed by atoms with Crippen molar-refractivity contribution in [3.8, 4) is 17.2 Å². The van der Waals surface area contributed by atoms with E-state index in [1.807, 2.05) is 11.8 Å².